The zero-order valence-corrected chi connectivity index (χ0v) is 13.7. The molecular weight excluding hydrogens is 294 g/mol. The van der Waals surface area contributed by atoms with Crippen LogP contribution in [0.1, 0.15) is 43.5 Å². The minimum atomic E-state index is -0.0408. The molecule has 2 fully saturated rings. The lowest BCUT2D eigenvalue weighted by Gasteiger charge is -2.38. The molecule has 2 saturated heterocycles. The Morgan fingerprint density at radius 2 is 2.13 bits per heavy atom. The summed E-state index contributed by atoms with van der Waals surface area (Å²) in [5.74, 6) is 0.482. The first kappa shape index (κ1) is 15.8. The molecule has 2 aliphatic rings. The summed E-state index contributed by atoms with van der Waals surface area (Å²) in [4.78, 5) is 30.3. The van der Waals surface area contributed by atoms with Crippen LogP contribution in [-0.2, 0) is 4.79 Å². The zero-order valence-electron chi connectivity index (χ0n) is 13.7. The molecule has 23 heavy (non-hydrogen) atoms. The second-order valence-corrected chi connectivity index (χ2v) is 6.77. The van der Waals surface area contributed by atoms with Crippen molar-refractivity contribution in [2.45, 2.75) is 39.2 Å². The molecule has 0 atom stereocenters. The number of pyridine rings is 1. The lowest BCUT2D eigenvalue weighted by molar-refractivity contribution is -0.119. The van der Waals surface area contributed by atoms with Gasteiger partial charge in [-0.2, -0.15) is 0 Å². The standard InChI is InChI=1S/C17H23N3O3/c1-12(2)23-15-13(4-3-7-18-15)16(22)20-8-5-17(6-9-20)10-14(21)19-11-17/h3-4,7,12H,5-6,8-11H2,1-2H3,(H,19,21). The van der Waals surface area contributed by atoms with Gasteiger partial charge in [-0.1, -0.05) is 0 Å². The highest BCUT2D eigenvalue weighted by molar-refractivity contribution is 5.96. The first-order valence-corrected chi connectivity index (χ1v) is 8.17. The number of carbonyl (C=O) groups is 2. The van der Waals surface area contributed by atoms with Crippen molar-refractivity contribution in [2.75, 3.05) is 19.6 Å². The molecule has 6 nitrogen and oxygen atoms in total. The average Bonchev–Trinajstić information content (AvgIpc) is 2.88. The number of likely N-dealkylation sites (tertiary alicyclic amines) is 1. The van der Waals surface area contributed by atoms with Gasteiger partial charge in [-0.3, -0.25) is 9.59 Å². The predicted octanol–water partition coefficient (Wildman–Crippen LogP) is 1.61. The van der Waals surface area contributed by atoms with Gasteiger partial charge in [-0.05, 0) is 44.2 Å². The van der Waals surface area contributed by atoms with Crippen LogP contribution in [0.3, 0.4) is 0 Å². The predicted molar refractivity (Wildman–Crippen MR) is 85.2 cm³/mol. The summed E-state index contributed by atoms with van der Waals surface area (Å²) < 4.78 is 5.65. The molecule has 0 unspecified atom stereocenters. The van der Waals surface area contributed by atoms with Gasteiger partial charge >= 0.3 is 0 Å². The Labute approximate surface area is 136 Å². The fraction of sp³-hybridized carbons (Fsp3) is 0.588. The number of rotatable bonds is 3. The molecule has 6 heteroatoms. The van der Waals surface area contributed by atoms with Crippen molar-refractivity contribution in [3.8, 4) is 5.88 Å². The number of carbonyl (C=O) groups excluding carboxylic acids is 2. The first-order chi connectivity index (χ1) is 11.0. The lowest BCUT2D eigenvalue weighted by Crippen LogP contribution is -2.44. The van der Waals surface area contributed by atoms with Gasteiger partial charge in [-0.25, -0.2) is 4.98 Å². The zero-order chi connectivity index (χ0) is 16.4. The van der Waals surface area contributed by atoms with E-state index >= 15 is 0 Å². The van der Waals surface area contributed by atoms with E-state index < -0.39 is 0 Å². The molecule has 3 heterocycles. The maximum Gasteiger partial charge on any atom is 0.259 e. The van der Waals surface area contributed by atoms with Crippen molar-refractivity contribution in [1.82, 2.24) is 15.2 Å². The summed E-state index contributed by atoms with van der Waals surface area (Å²) in [7, 11) is 0. The molecule has 1 spiro atoms. The third-order valence-corrected chi connectivity index (χ3v) is 4.66. The van der Waals surface area contributed by atoms with Crippen molar-refractivity contribution in [1.29, 1.82) is 0 Å². The van der Waals surface area contributed by atoms with Gasteiger partial charge in [-0.15, -0.1) is 0 Å². The van der Waals surface area contributed by atoms with Gasteiger partial charge in [0.25, 0.3) is 5.91 Å². The van der Waals surface area contributed by atoms with Gasteiger partial charge in [0.1, 0.15) is 5.56 Å². The molecule has 1 N–H and O–H groups in total. The third-order valence-electron chi connectivity index (χ3n) is 4.66. The number of ether oxygens (including phenoxy) is 1. The van der Waals surface area contributed by atoms with Crippen molar-refractivity contribution in [2.24, 2.45) is 5.41 Å². The molecule has 124 valence electrons. The summed E-state index contributed by atoms with van der Waals surface area (Å²) in [6.45, 7) is 5.91. The Hall–Kier alpha value is -2.11. The van der Waals surface area contributed by atoms with Crippen molar-refractivity contribution in [3.63, 3.8) is 0 Å². The minimum Gasteiger partial charge on any atom is -0.474 e. The van der Waals surface area contributed by atoms with Crippen LogP contribution < -0.4 is 10.1 Å². The van der Waals surface area contributed by atoms with E-state index in [1.54, 1.807) is 18.3 Å². The number of nitrogens with zero attached hydrogens (tertiary/aromatic N) is 2. The number of nitrogens with one attached hydrogen (secondary N) is 1. The van der Waals surface area contributed by atoms with Crippen LogP contribution in [0.5, 0.6) is 5.88 Å². The van der Waals surface area contributed by atoms with Crippen molar-refractivity contribution in [3.05, 3.63) is 23.9 Å². The van der Waals surface area contributed by atoms with E-state index in [-0.39, 0.29) is 23.3 Å². The maximum absolute atomic E-state index is 12.8. The summed E-state index contributed by atoms with van der Waals surface area (Å²) in [6.07, 6.45) is 3.91. The van der Waals surface area contributed by atoms with Crippen LogP contribution in [0.15, 0.2) is 18.3 Å². The van der Waals surface area contributed by atoms with E-state index in [2.05, 4.69) is 10.3 Å². The maximum atomic E-state index is 12.8. The second-order valence-electron chi connectivity index (χ2n) is 6.77. The number of hydrogen-bond donors (Lipinski definition) is 1. The van der Waals surface area contributed by atoms with Gasteiger partial charge in [0, 0.05) is 32.3 Å². The van der Waals surface area contributed by atoms with Crippen molar-refractivity contribution >= 4 is 11.8 Å². The molecule has 0 aromatic carbocycles. The first-order valence-electron chi connectivity index (χ1n) is 8.17. The van der Waals surface area contributed by atoms with Gasteiger partial charge in [0.2, 0.25) is 11.8 Å². The number of aromatic nitrogens is 1. The molecule has 2 amide bonds. The van der Waals surface area contributed by atoms with Gasteiger partial charge < -0.3 is 15.0 Å². The van der Waals surface area contributed by atoms with Gasteiger partial charge in [0.15, 0.2) is 0 Å². The highest BCUT2D eigenvalue weighted by Gasteiger charge is 2.42. The number of piperidine rings is 1. The van der Waals surface area contributed by atoms with Crippen LogP contribution in [0.4, 0.5) is 0 Å². The average molecular weight is 317 g/mol. The number of hydrogen-bond acceptors (Lipinski definition) is 4. The SMILES string of the molecule is CC(C)Oc1ncccc1C(=O)N1CCC2(CC1)CNC(=O)C2. The van der Waals surface area contributed by atoms with Crippen LogP contribution in [0, 0.1) is 5.41 Å². The summed E-state index contributed by atoms with van der Waals surface area (Å²) >= 11 is 0. The quantitative estimate of drug-likeness (QED) is 0.919. The van der Waals surface area contributed by atoms with E-state index in [1.807, 2.05) is 18.7 Å². The van der Waals surface area contributed by atoms with E-state index in [0.29, 0.717) is 31.0 Å². The van der Waals surface area contributed by atoms with Crippen LogP contribution >= 0.6 is 0 Å². The van der Waals surface area contributed by atoms with Crippen LogP contribution in [0.25, 0.3) is 0 Å². The Morgan fingerprint density at radius 1 is 1.39 bits per heavy atom. The van der Waals surface area contributed by atoms with Gasteiger partial charge in [0.05, 0.1) is 6.10 Å². The Morgan fingerprint density at radius 3 is 2.74 bits per heavy atom. The van der Waals surface area contributed by atoms with E-state index in [1.165, 1.54) is 0 Å². The molecule has 0 bridgehead atoms. The Bertz CT molecular complexity index is 607. The third kappa shape index (κ3) is 3.30. The van der Waals surface area contributed by atoms with Crippen LogP contribution in [0.2, 0.25) is 0 Å². The summed E-state index contributed by atoms with van der Waals surface area (Å²) in [5, 5.41) is 2.91. The Balaban J connectivity index is 1.69. The molecule has 1 aromatic rings. The van der Waals surface area contributed by atoms with Crippen molar-refractivity contribution < 1.29 is 14.3 Å². The van der Waals surface area contributed by atoms with E-state index in [0.717, 1.165) is 19.4 Å². The largest absolute Gasteiger partial charge is 0.474 e. The number of amides is 2. The fourth-order valence-electron chi connectivity index (χ4n) is 3.33. The fourth-order valence-corrected chi connectivity index (χ4v) is 3.33. The second kappa shape index (κ2) is 6.18. The van der Waals surface area contributed by atoms with E-state index in [9.17, 15) is 9.59 Å². The lowest BCUT2D eigenvalue weighted by atomic mass is 9.77. The normalized spacial score (nSPS) is 20.0. The summed E-state index contributed by atoms with van der Waals surface area (Å²) in [6, 6.07) is 3.52. The molecule has 1 aromatic heterocycles. The Kier molecular flexibility index (Phi) is 4.24. The molecule has 0 radical (unpaired) electrons. The molecule has 3 rings (SSSR count). The monoisotopic (exact) mass is 317 g/mol. The minimum absolute atomic E-state index is 0.0309. The molecule has 0 aliphatic carbocycles. The topological polar surface area (TPSA) is 71.5 Å². The molecule has 0 saturated carbocycles. The van der Waals surface area contributed by atoms with Crippen LogP contribution in [-0.4, -0.2) is 47.4 Å². The highest BCUT2D eigenvalue weighted by Crippen LogP contribution is 2.38. The summed E-state index contributed by atoms with van der Waals surface area (Å²) in [5.41, 5.74) is 0.554. The molecular formula is C17H23N3O3. The molecule has 2 aliphatic heterocycles. The smallest absolute Gasteiger partial charge is 0.259 e. The highest BCUT2D eigenvalue weighted by atomic mass is 16.5. The van der Waals surface area contributed by atoms with E-state index in [4.69, 9.17) is 4.74 Å².